The van der Waals surface area contributed by atoms with E-state index in [9.17, 15) is 14.0 Å². The van der Waals surface area contributed by atoms with E-state index in [1.54, 1.807) is 13.0 Å². The molecule has 0 saturated carbocycles. The molecule has 92 valence electrons. The van der Waals surface area contributed by atoms with Crippen molar-refractivity contribution in [1.82, 2.24) is 4.98 Å². The Kier molecular flexibility index (Phi) is 2.97. The lowest BCUT2D eigenvalue weighted by Gasteiger charge is -2.09. The average molecular weight is 247 g/mol. The number of halogens is 1. The maximum Gasteiger partial charge on any atom is 0.336 e. The van der Waals surface area contributed by atoms with E-state index in [4.69, 9.17) is 5.11 Å². The zero-order valence-electron chi connectivity index (χ0n) is 9.53. The van der Waals surface area contributed by atoms with Crippen LogP contribution in [0.2, 0.25) is 0 Å². The van der Waals surface area contributed by atoms with Gasteiger partial charge in [0, 0.05) is 17.8 Å². The number of carboxylic acids is 1. The summed E-state index contributed by atoms with van der Waals surface area (Å²) in [6.45, 7) is 1.56. The molecule has 1 aromatic heterocycles. The molecule has 2 aromatic rings. The van der Waals surface area contributed by atoms with Gasteiger partial charge in [-0.15, -0.1) is 0 Å². The van der Waals surface area contributed by atoms with Crippen molar-refractivity contribution in [3.8, 4) is 11.1 Å². The molecular formula is C13H10FNO3. The summed E-state index contributed by atoms with van der Waals surface area (Å²) >= 11 is 0. The largest absolute Gasteiger partial charge is 0.478 e. The lowest BCUT2D eigenvalue weighted by Crippen LogP contribution is -2.10. The molecule has 0 atom stereocenters. The molecule has 1 aromatic carbocycles. The summed E-state index contributed by atoms with van der Waals surface area (Å²) in [5.41, 5.74) is 0.424. The fraction of sp³-hybridized carbons (Fsp3) is 0.0769. The first-order valence-electron chi connectivity index (χ1n) is 5.22. The molecule has 0 aliphatic rings. The third-order valence-electron chi connectivity index (χ3n) is 2.71. The number of benzene rings is 1. The molecule has 0 aliphatic heterocycles. The van der Waals surface area contributed by atoms with E-state index in [1.807, 2.05) is 0 Å². The maximum absolute atomic E-state index is 13.5. The van der Waals surface area contributed by atoms with E-state index in [2.05, 4.69) is 4.98 Å². The van der Waals surface area contributed by atoms with Crippen LogP contribution in [0.3, 0.4) is 0 Å². The number of aromatic amines is 1. The van der Waals surface area contributed by atoms with Crippen LogP contribution in [0, 0.1) is 12.7 Å². The molecular weight excluding hydrogens is 237 g/mol. The zero-order chi connectivity index (χ0) is 13.3. The van der Waals surface area contributed by atoms with Gasteiger partial charge in [0.1, 0.15) is 5.82 Å². The number of hydrogen-bond acceptors (Lipinski definition) is 2. The van der Waals surface area contributed by atoms with Crippen LogP contribution in [0.25, 0.3) is 11.1 Å². The van der Waals surface area contributed by atoms with Crippen molar-refractivity contribution in [2.75, 3.05) is 0 Å². The topological polar surface area (TPSA) is 70.2 Å². The molecule has 0 fully saturated rings. The number of hydrogen-bond donors (Lipinski definition) is 2. The van der Waals surface area contributed by atoms with Gasteiger partial charge in [-0.3, -0.25) is 4.79 Å². The third kappa shape index (κ3) is 2.02. The first kappa shape index (κ1) is 12.0. The molecule has 0 spiro atoms. The number of pyridine rings is 1. The minimum Gasteiger partial charge on any atom is -0.478 e. The number of rotatable bonds is 2. The molecule has 1 heterocycles. The van der Waals surface area contributed by atoms with Crippen molar-refractivity contribution in [1.29, 1.82) is 0 Å². The number of H-pyrrole nitrogens is 1. The molecule has 0 aliphatic carbocycles. The van der Waals surface area contributed by atoms with Crippen LogP contribution in [0.15, 0.2) is 35.3 Å². The van der Waals surface area contributed by atoms with E-state index in [-0.39, 0.29) is 5.56 Å². The van der Waals surface area contributed by atoms with Crippen LogP contribution in [0.5, 0.6) is 0 Å². The molecule has 0 radical (unpaired) electrons. The minimum absolute atomic E-state index is 0.146. The monoisotopic (exact) mass is 247 g/mol. The first-order valence-corrected chi connectivity index (χ1v) is 5.22. The van der Waals surface area contributed by atoms with E-state index in [0.29, 0.717) is 16.7 Å². The lowest BCUT2D eigenvalue weighted by atomic mass is 9.97. The van der Waals surface area contributed by atoms with E-state index < -0.39 is 17.3 Å². The van der Waals surface area contributed by atoms with Crippen molar-refractivity contribution in [3.63, 3.8) is 0 Å². The molecule has 5 heteroatoms. The van der Waals surface area contributed by atoms with Crippen LogP contribution in [-0.4, -0.2) is 16.1 Å². The Morgan fingerprint density at radius 3 is 2.72 bits per heavy atom. The highest BCUT2D eigenvalue weighted by molar-refractivity contribution is 5.96. The second-order valence-electron chi connectivity index (χ2n) is 3.84. The van der Waals surface area contributed by atoms with Gasteiger partial charge in [0.2, 0.25) is 5.56 Å². The first-order chi connectivity index (χ1) is 8.50. The summed E-state index contributed by atoms with van der Waals surface area (Å²) in [6, 6.07) is 5.39. The van der Waals surface area contributed by atoms with E-state index in [0.717, 1.165) is 6.07 Å². The maximum atomic E-state index is 13.5. The number of carboxylic acid groups (broad SMARTS) is 1. The molecule has 0 saturated heterocycles. The fourth-order valence-corrected chi connectivity index (χ4v) is 1.77. The van der Waals surface area contributed by atoms with Gasteiger partial charge in [0.05, 0.1) is 5.56 Å². The van der Waals surface area contributed by atoms with Crippen molar-refractivity contribution < 1.29 is 14.3 Å². The lowest BCUT2D eigenvalue weighted by molar-refractivity contribution is 0.0697. The molecule has 2 N–H and O–H groups in total. The van der Waals surface area contributed by atoms with E-state index in [1.165, 1.54) is 18.3 Å². The number of nitrogens with one attached hydrogen (secondary N) is 1. The fourth-order valence-electron chi connectivity index (χ4n) is 1.77. The van der Waals surface area contributed by atoms with Crippen LogP contribution < -0.4 is 5.56 Å². The van der Waals surface area contributed by atoms with Gasteiger partial charge in [0.25, 0.3) is 0 Å². The highest BCUT2D eigenvalue weighted by Crippen LogP contribution is 2.26. The van der Waals surface area contributed by atoms with E-state index >= 15 is 0 Å². The molecule has 0 bridgehead atoms. The van der Waals surface area contributed by atoms with Crippen molar-refractivity contribution in [2.45, 2.75) is 6.92 Å². The van der Waals surface area contributed by atoms with Crippen LogP contribution in [-0.2, 0) is 0 Å². The Bertz CT molecular complexity index is 676. The Labute approximate surface area is 102 Å². The number of aromatic carboxylic acids is 1. The third-order valence-corrected chi connectivity index (χ3v) is 2.71. The Morgan fingerprint density at radius 2 is 2.06 bits per heavy atom. The van der Waals surface area contributed by atoms with Gasteiger partial charge in [-0.2, -0.15) is 0 Å². The van der Waals surface area contributed by atoms with Gasteiger partial charge >= 0.3 is 5.97 Å². The van der Waals surface area contributed by atoms with Gasteiger partial charge in [-0.05, 0) is 24.1 Å². The van der Waals surface area contributed by atoms with Crippen molar-refractivity contribution >= 4 is 5.97 Å². The minimum atomic E-state index is -1.22. The highest BCUT2D eigenvalue weighted by Gasteiger charge is 2.15. The zero-order valence-corrected chi connectivity index (χ0v) is 9.53. The Hall–Kier alpha value is -2.43. The second kappa shape index (κ2) is 4.44. The quantitative estimate of drug-likeness (QED) is 0.854. The Morgan fingerprint density at radius 1 is 1.33 bits per heavy atom. The van der Waals surface area contributed by atoms with Crippen LogP contribution in [0.4, 0.5) is 4.39 Å². The summed E-state index contributed by atoms with van der Waals surface area (Å²) in [7, 11) is 0. The molecule has 18 heavy (non-hydrogen) atoms. The highest BCUT2D eigenvalue weighted by atomic mass is 19.1. The van der Waals surface area contributed by atoms with Crippen LogP contribution >= 0.6 is 0 Å². The molecule has 0 amide bonds. The number of carbonyl (C=O) groups is 1. The predicted molar refractivity (Wildman–Crippen MR) is 64.2 cm³/mol. The molecule has 2 rings (SSSR count). The predicted octanol–water partition coefficient (Wildman–Crippen LogP) is 2.19. The normalized spacial score (nSPS) is 10.3. The molecule has 4 nitrogen and oxygen atoms in total. The standard InChI is InChI=1S/C13H10FNO3/c1-7-8(3-2-4-11(7)14)10-6-15-12(16)5-9(10)13(17)18/h2-6H,1H3,(H,15,16)(H,17,18). The number of aromatic nitrogens is 1. The second-order valence-corrected chi connectivity index (χ2v) is 3.84. The summed E-state index contributed by atoms with van der Waals surface area (Å²) in [5, 5.41) is 9.07. The van der Waals surface area contributed by atoms with Gasteiger partial charge in [-0.25, -0.2) is 9.18 Å². The summed E-state index contributed by atoms with van der Waals surface area (Å²) in [4.78, 5) is 24.6. The Balaban J connectivity index is 2.75. The average Bonchev–Trinajstić information content (AvgIpc) is 2.33. The van der Waals surface area contributed by atoms with Gasteiger partial charge in [-0.1, -0.05) is 12.1 Å². The summed E-state index contributed by atoms with van der Waals surface area (Å²) in [5.74, 6) is -1.64. The SMILES string of the molecule is Cc1c(F)cccc1-c1c[nH]c(=O)cc1C(=O)O. The smallest absolute Gasteiger partial charge is 0.336 e. The van der Waals surface area contributed by atoms with Crippen molar-refractivity contribution in [3.05, 3.63) is 57.8 Å². The summed E-state index contributed by atoms with van der Waals surface area (Å²) < 4.78 is 13.5. The van der Waals surface area contributed by atoms with Gasteiger partial charge < -0.3 is 10.1 Å². The van der Waals surface area contributed by atoms with Crippen molar-refractivity contribution in [2.24, 2.45) is 0 Å². The van der Waals surface area contributed by atoms with Gasteiger partial charge in [0.15, 0.2) is 0 Å². The summed E-state index contributed by atoms with van der Waals surface area (Å²) in [6.07, 6.45) is 1.29. The molecule has 0 unspecified atom stereocenters. The van der Waals surface area contributed by atoms with Crippen LogP contribution in [0.1, 0.15) is 15.9 Å².